The molecule has 0 bridgehead atoms. The number of carbonyl (C=O) groups is 2. The van der Waals surface area contributed by atoms with Gasteiger partial charge in [-0.2, -0.15) is 0 Å². The molecule has 0 saturated carbocycles. The smallest absolute Gasteiger partial charge is 0.251 e. The summed E-state index contributed by atoms with van der Waals surface area (Å²) in [7, 11) is 0. The van der Waals surface area contributed by atoms with Gasteiger partial charge in [-0.3, -0.25) is 9.59 Å². The van der Waals surface area contributed by atoms with E-state index in [1.54, 1.807) is 12.1 Å². The minimum atomic E-state index is -0.448. The number of amides is 2. The summed E-state index contributed by atoms with van der Waals surface area (Å²) in [6.45, 7) is 2.12. The molecule has 1 aromatic heterocycles. The molecule has 7 heteroatoms. The van der Waals surface area contributed by atoms with Gasteiger partial charge < -0.3 is 10.6 Å². The molecule has 0 aliphatic carbocycles. The van der Waals surface area contributed by atoms with Crippen LogP contribution in [-0.4, -0.2) is 22.0 Å². The summed E-state index contributed by atoms with van der Waals surface area (Å²) in [6.07, 6.45) is 3.10. The van der Waals surface area contributed by atoms with Crippen molar-refractivity contribution in [1.29, 1.82) is 0 Å². The second-order valence-electron chi connectivity index (χ2n) is 6.66. The summed E-state index contributed by atoms with van der Waals surface area (Å²) >= 11 is 1.39. The maximum absolute atomic E-state index is 12.6. The van der Waals surface area contributed by atoms with Gasteiger partial charge in [-0.05, 0) is 24.1 Å². The van der Waals surface area contributed by atoms with Gasteiger partial charge in [0.25, 0.3) is 5.91 Å². The van der Waals surface area contributed by atoms with E-state index in [0.29, 0.717) is 10.7 Å². The predicted molar refractivity (Wildman–Crippen MR) is 115 cm³/mol. The van der Waals surface area contributed by atoms with Gasteiger partial charge in [0.15, 0.2) is 0 Å². The molecular formula is C22H24N4O2S. The van der Waals surface area contributed by atoms with Crippen LogP contribution in [0, 0.1) is 0 Å². The number of nitrogens with one attached hydrogen (secondary N) is 2. The molecule has 6 nitrogen and oxygen atoms in total. The molecule has 0 aliphatic rings. The molecule has 3 aromatic rings. The molecular weight excluding hydrogens is 384 g/mol. The van der Waals surface area contributed by atoms with E-state index >= 15 is 0 Å². The highest BCUT2D eigenvalue weighted by molar-refractivity contribution is 7.15. The number of aryl methyl sites for hydroxylation is 1. The third-order valence-electron chi connectivity index (χ3n) is 4.39. The van der Waals surface area contributed by atoms with Gasteiger partial charge in [-0.25, -0.2) is 0 Å². The average Bonchev–Trinajstić information content (AvgIpc) is 3.20. The third-order valence-corrected chi connectivity index (χ3v) is 5.29. The number of unbranched alkanes of at least 4 members (excludes halogenated alkanes) is 1. The summed E-state index contributed by atoms with van der Waals surface area (Å²) in [5.41, 5.74) is 1.42. The third kappa shape index (κ3) is 6.22. The van der Waals surface area contributed by atoms with Gasteiger partial charge in [0.1, 0.15) is 5.01 Å². The van der Waals surface area contributed by atoms with Crippen molar-refractivity contribution in [3.05, 3.63) is 76.8 Å². The van der Waals surface area contributed by atoms with E-state index < -0.39 is 6.04 Å². The zero-order valence-electron chi connectivity index (χ0n) is 16.3. The first-order chi connectivity index (χ1) is 14.2. The number of benzene rings is 2. The van der Waals surface area contributed by atoms with Crippen molar-refractivity contribution in [2.75, 3.05) is 5.32 Å². The van der Waals surface area contributed by atoms with Crippen LogP contribution < -0.4 is 10.6 Å². The Balaban J connectivity index is 1.67. The minimum absolute atomic E-state index is 0.104. The fourth-order valence-corrected chi connectivity index (χ4v) is 3.66. The van der Waals surface area contributed by atoms with Crippen LogP contribution in [0.25, 0.3) is 0 Å². The van der Waals surface area contributed by atoms with E-state index in [2.05, 4.69) is 27.8 Å². The SMILES string of the molecule is CCCCc1nnc(NC(=O)CC(NC(=O)c2ccccc2)c2ccccc2)s1. The van der Waals surface area contributed by atoms with Crippen molar-refractivity contribution in [3.63, 3.8) is 0 Å². The first kappa shape index (κ1) is 20.7. The molecule has 2 aromatic carbocycles. The highest BCUT2D eigenvalue weighted by Crippen LogP contribution is 2.21. The van der Waals surface area contributed by atoms with E-state index in [0.717, 1.165) is 29.8 Å². The molecule has 150 valence electrons. The van der Waals surface area contributed by atoms with Crippen molar-refractivity contribution in [3.8, 4) is 0 Å². The molecule has 1 unspecified atom stereocenters. The maximum Gasteiger partial charge on any atom is 0.251 e. The van der Waals surface area contributed by atoms with Crippen LogP contribution in [0.15, 0.2) is 60.7 Å². The van der Waals surface area contributed by atoms with Crippen LogP contribution in [0.1, 0.15) is 53.2 Å². The summed E-state index contributed by atoms with van der Waals surface area (Å²) in [4.78, 5) is 25.2. The first-order valence-electron chi connectivity index (χ1n) is 9.68. The topological polar surface area (TPSA) is 84.0 Å². The van der Waals surface area contributed by atoms with Crippen LogP contribution in [0.3, 0.4) is 0 Å². The molecule has 1 heterocycles. The fourth-order valence-electron chi connectivity index (χ4n) is 2.86. The van der Waals surface area contributed by atoms with E-state index in [1.165, 1.54) is 11.3 Å². The van der Waals surface area contributed by atoms with E-state index in [-0.39, 0.29) is 18.2 Å². The van der Waals surface area contributed by atoms with E-state index in [1.807, 2.05) is 48.5 Å². The van der Waals surface area contributed by atoms with Crippen LogP contribution in [0.4, 0.5) is 5.13 Å². The Bertz CT molecular complexity index is 928. The fraction of sp³-hybridized carbons (Fsp3) is 0.273. The minimum Gasteiger partial charge on any atom is -0.345 e. The maximum atomic E-state index is 12.6. The number of anilines is 1. The molecule has 0 aliphatic heterocycles. The van der Waals surface area contributed by atoms with Crippen LogP contribution in [0.5, 0.6) is 0 Å². The standard InChI is InChI=1S/C22H24N4O2S/c1-2-3-14-20-25-26-22(29-20)24-19(27)15-18(16-10-6-4-7-11-16)23-21(28)17-12-8-5-9-13-17/h4-13,18H,2-3,14-15H2,1H3,(H,23,28)(H,24,26,27). The molecule has 2 N–H and O–H groups in total. The van der Waals surface area contributed by atoms with Gasteiger partial charge in [-0.1, -0.05) is 73.2 Å². The molecule has 2 amide bonds. The van der Waals surface area contributed by atoms with Gasteiger partial charge in [0, 0.05) is 12.0 Å². The summed E-state index contributed by atoms with van der Waals surface area (Å²) in [6, 6.07) is 18.0. The van der Waals surface area contributed by atoms with Gasteiger partial charge in [-0.15, -0.1) is 10.2 Å². The lowest BCUT2D eigenvalue weighted by Gasteiger charge is -2.18. The number of rotatable bonds is 9. The zero-order valence-corrected chi connectivity index (χ0v) is 17.1. The van der Waals surface area contributed by atoms with Crippen molar-refractivity contribution in [1.82, 2.24) is 15.5 Å². The Morgan fingerprint density at radius 2 is 1.69 bits per heavy atom. The van der Waals surface area contributed by atoms with Crippen LogP contribution in [-0.2, 0) is 11.2 Å². The normalized spacial score (nSPS) is 11.6. The Hall–Kier alpha value is -3.06. The number of hydrogen-bond acceptors (Lipinski definition) is 5. The monoisotopic (exact) mass is 408 g/mol. The quantitative estimate of drug-likeness (QED) is 0.550. The largest absolute Gasteiger partial charge is 0.345 e. The summed E-state index contributed by atoms with van der Waals surface area (Å²) in [5, 5.41) is 15.3. The predicted octanol–water partition coefficient (Wildman–Crippen LogP) is 4.38. The van der Waals surface area contributed by atoms with E-state index in [9.17, 15) is 9.59 Å². The second kappa shape index (κ2) is 10.5. The number of aromatic nitrogens is 2. The number of nitrogens with zero attached hydrogens (tertiary/aromatic N) is 2. The molecule has 0 fully saturated rings. The Morgan fingerprint density at radius 1 is 1.00 bits per heavy atom. The average molecular weight is 409 g/mol. The summed E-state index contributed by atoms with van der Waals surface area (Å²) in [5.74, 6) is -0.435. The first-order valence-corrected chi connectivity index (χ1v) is 10.5. The summed E-state index contributed by atoms with van der Waals surface area (Å²) < 4.78 is 0. The van der Waals surface area contributed by atoms with Crippen molar-refractivity contribution >= 4 is 28.3 Å². The highest BCUT2D eigenvalue weighted by Gasteiger charge is 2.20. The molecule has 0 saturated heterocycles. The molecule has 1 atom stereocenters. The van der Waals surface area contributed by atoms with Crippen LogP contribution in [0.2, 0.25) is 0 Å². The lowest BCUT2D eigenvalue weighted by Crippen LogP contribution is -2.31. The lowest BCUT2D eigenvalue weighted by atomic mass is 10.0. The molecule has 0 spiro atoms. The van der Waals surface area contributed by atoms with Gasteiger partial charge in [0.05, 0.1) is 12.5 Å². The van der Waals surface area contributed by atoms with Crippen molar-refractivity contribution < 1.29 is 9.59 Å². The van der Waals surface area contributed by atoms with E-state index in [4.69, 9.17) is 0 Å². The van der Waals surface area contributed by atoms with Gasteiger partial charge in [0.2, 0.25) is 11.0 Å². The molecule has 3 rings (SSSR count). The Morgan fingerprint density at radius 3 is 2.38 bits per heavy atom. The van der Waals surface area contributed by atoms with Crippen LogP contribution >= 0.6 is 11.3 Å². The lowest BCUT2D eigenvalue weighted by molar-refractivity contribution is -0.116. The van der Waals surface area contributed by atoms with Crippen molar-refractivity contribution in [2.24, 2.45) is 0 Å². The number of carbonyl (C=O) groups excluding carboxylic acids is 2. The van der Waals surface area contributed by atoms with Gasteiger partial charge >= 0.3 is 0 Å². The molecule has 0 radical (unpaired) electrons. The number of hydrogen-bond donors (Lipinski definition) is 2. The van der Waals surface area contributed by atoms with Crippen molar-refractivity contribution in [2.45, 2.75) is 38.6 Å². The highest BCUT2D eigenvalue weighted by atomic mass is 32.1. The Labute approximate surface area is 174 Å². The Kier molecular flexibility index (Phi) is 7.47. The zero-order chi connectivity index (χ0) is 20.5. The second-order valence-corrected chi connectivity index (χ2v) is 7.72. The molecule has 29 heavy (non-hydrogen) atoms.